The van der Waals surface area contributed by atoms with E-state index in [0.29, 0.717) is 25.3 Å². The first-order chi connectivity index (χ1) is 14.2. The maximum absolute atomic E-state index is 12.5. The molecule has 152 valence electrons. The molecule has 4 rings (SSSR count). The van der Waals surface area contributed by atoms with Gasteiger partial charge >= 0.3 is 0 Å². The van der Waals surface area contributed by atoms with Crippen molar-refractivity contribution >= 4 is 17.5 Å². The molecule has 2 amide bonds. The summed E-state index contributed by atoms with van der Waals surface area (Å²) in [5.74, 6) is 0.621. The molecular formula is C22H26N4O3. The summed E-state index contributed by atoms with van der Waals surface area (Å²) in [5, 5.41) is 2.86. The molecule has 2 aliphatic rings. The number of piperazine rings is 1. The summed E-state index contributed by atoms with van der Waals surface area (Å²) in [6.07, 6.45) is 4.00. The smallest absolute Gasteiger partial charge is 0.260 e. The largest absolute Gasteiger partial charge is 0.484 e. The maximum Gasteiger partial charge on any atom is 0.260 e. The van der Waals surface area contributed by atoms with Crippen LogP contribution in [0.1, 0.15) is 17.7 Å². The van der Waals surface area contributed by atoms with Crippen molar-refractivity contribution in [3.05, 3.63) is 53.9 Å². The third-order valence-corrected chi connectivity index (χ3v) is 5.47. The lowest BCUT2D eigenvalue weighted by Gasteiger charge is -2.34. The van der Waals surface area contributed by atoms with Gasteiger partial charge in [-0.2, -0.15) is 0 Å². The second-order valence-electron chi connectivity index (χ2n) is 7.45. The molecule has 3 heterocycles. The number of hydrogen-bond donors (Lipinski definition) is 1. The second kappa shape index (κ2) is 9.05. The quantitative estimate of drug-likeness (QED) is 0.808. The Labute approximate surface area is 170 Å². The number of carbonyl (C=O) groups is 2. The van der Waals surface area contributed by atoms with Crippen LogP contribution in [0.3, 0.4) is 0 Å². The molecule has 7 nitrogen and oxygen atoms in total. The van der Waals surface area contributed by atoms with Gasteiger partial charge in [-0.25, -0.2) is 0 Å². The van der Waals surface area contributed by atoms with E-state index in [-0.39, 0.29) is 18.4 Å². The number of aryl methyl sites for hydroxylation is 1. The van der Waals surface area contributed by atoms with Gasteiger partial charge in [-0.05, 0) is 30.2 Å². The zero-order valence-corrected chi connectivity index (χ0v) is 16.5. The number of nitrogens with one attached hydrogen (secondary N) is 1. The number of hydrogen-bond acceptors (Lipinski definition) is 5. The molecule has 1 N–H and O–H groups in total. The lowest BCUT2D eigenvalue weighted by Crippen LogP contribution is -2.50. The molecule has 0 radical (unpaired) electrons. The van der Waals surface area contributed by atoms with Crippen LogP contribution in [-0.2, 0) is 22.4 Å². The number of rotatable bonds is 6. The highest BCUT2D eigenvalue weighted by Gasteiger charge is 2.21. The first kappa shape index (κ1) is 19.4. The average molecular weight is 394 g/mol. The molecule has 29 heavy (non-hydrogen) atoms. The zero-order valence-electron chi connectivity index (χ0n) is 16.5. The van der Waals surface area contributed by atoms with Crippen LogP contribution in [0.5, 0.6) is 5.75 Å². The second-order valence-corrected chi connectivity index (χ2v) is 7.45. The maximum atomic E-state index is 12.5. The Bertz CT molecular complexity index is 864. The molecule has 1 aromatic heterocycles. The van der Waals surface area contributed by atoms with Crippen LogP contribution in [0.15, 0.2) is 42.6 Å². The van der Waals surface area contributed by atoms with Crippen LogP contribution >= 0.6 is 0 Å². The van der Waals surface area contributed by atoms with Crippen molar-refractivity contribution in [1.82, 2.24) is 14.8 Å². The van der Waals surface area contributed by atoms with Gasteiger partial charge in [-0.3, -0.25) is 19.5 Å². The van der Waals surface area contributed by atoms with E-state index >= 15 is 0 Å². The Morgan fingerprint density at radius 2 is 1.97 bits per heavy atom. The molecule has 2 aromatic rings. The van der Waals surface area contributed by atoms with Crippen molar-refractivity contribution in [2.24, 2.45) is 0 Å². The summed E-state index contributed by atoms with van der Waals surface area (Å²) >= 11 is 0. The Balaban J connectivity index is 1.21. The molecular weight excluding hydrogens is 368 g/mol. The minimum Gasteiger partial charge on any atom is -0.484 e. The van der Waals surface area contributed by atoms with E-state index in [2.05, 4.69) is 15.2 Å². The van der Waals surface area contributed by atoms with Crippen LogP contribution in [0.25, 0.3) is 0 Å². The van der Waals surface area contributed by atoms with Crippen molar-refractivity contribution in [2.45, 2.75) is 19.3 Å². The molecule has 2 aliphatic heterocycles. The minimum atomic E-state index is -0.00358. The number of nitrogens with zero attached hydrogens (tertiary/aromatic N) is 3. The number of ether oxygens (including phenoxy) is 1. The number of anilines is 1. The topological polar surface area (TPSA) is 74.8 Å². The van der Waals surface area contributed by atoms with Gasteiger partial charge in [-0.15, -0.1) is 0 Å². The van der Waals surface area contributed by atoms with Crippen LogP contribution in [0.4, 0.5) is 5.69 Å². The Kier molecular flexibility index (Phi) is 6.05. The normalized spacial score (nSPS) is 16.8. The summed E-state index contributed by atoms with van der Waals surface area (Å²) in [7, 11) is 0. The number of pyridine rings is 1. The van der Waals surface area contributed by atoms with Gasteiger partial charge in [-0.1, -0.05) is 12.1 Å². The SMILES string of the molecule is O=C1CCc2ccc(OCC(=O)N3CCN(CCc4ccccn4)CC3)cc2N1. The van der Waals surface area contributed by atoms with E-state index in [4.69, 9.17) is 4.74 Å². The number of benzene rings is 1. The van der Waals surface area contributed by atoms with Crippen molar-refractivity contribution in [3.63, 3.8) is 0 Å². The fraction of sp³-hybridized carbons (Fsp3) is 0.409. The summed E-state index contributed by atoms with van der Waals surface area (Å²) in [5.41, 5.74) is 2.98. The van der Waals surface area contributed by atoms with Crippen LogP contribution in [0.2, 0.25) is 0 Å². The Hall–Kier alpha value is -2.93. The monoisotopic (exact) mass is 394 g/mol. The minimum absolute atomic E-state index is 0.00358. The summed E-state index contributed by atoms with van der Waals surface area (Å²) in [4.78, 5) is 32.6. The van der Waals surface area contributed by atoms with E-state index in [0.717, 1.165) is 49.4 Å². The lowest BCUT2D eigenvalue weighted by atomic mass is 10.0. The fourth-order valence-electron chi connectivity index (χ4n) is 3.72. The fourth-order valence-corrected chi connectivity index (χ4v) is 3.72. The van der Waals surface area contributed by atoms with Gasteiger partial charge in [0.05, 0.1) is 0 Å². The molecule has 1 fully saturated rings. The van der Waals surface area contributed by atoms with E-state index in [1.165, 1.54) is 0 Å². The molecule has 0 saturated carbocycles. The van der Waals surface area contributed by atoms with Crippen molar-refractivity contribution < 1.29 is 14.3 Å². The van der Waals surface area contributed by atoms with Gasteiger partial charge < -0.3 is 15.0 Å². The Morgan fingerprint density at radius 3 is 2.76 bits per heavy atom. The first-order valence-corrected chi connectivity index (χ1v) is 10.1. The lowest BCUT2D eigenvalue weighted by molar-refractivity contribution is -0.135. The van der Waals surface area contributed by atoms with Gasteiger partial charge in [0.25, 0.3) is 5.91 Å². The van der Waals surface area contributed by atoms with Crippen LogP contribution < -0.4 is 10.1 Å². The van der Waals surface area contributed by atoms with Crippen LogP contribution in [0, 0.1) is 0 Å². The first-order valence-electron chi connectivity index (χ1n) is 10.1. The van der Waals surface area contributed by atoms with E-state index in [1.807, 2.05) is 41.4 Å². The Morgan fingerprint density at radius 1 is 1.10 bits per heavy atom. The highest BCUT2D eigenvalue weighted by Crippen LogP contribution is 2.27. The molecule has 7 heteroatoms. The van der Waals surface area contributed by atoms with Crippen LogP contribution in [-0.4, -0.2) is 65.9 Å². The van der Waals surface area contributed by atoms with E-state index in [1.54, 1.807) is 6.07 Å². The van der Waals surface area contributed by atoms with Crippen molar-refractivity contribution in [3.8, 4) is 5.75 Å². The zero-order chi connectivity index (χ0) is 20.1. The number of carbonyl (C=O) groups excluding carboxylic acids is 2. The summed E-state index contributed by atoms with van der Waals surface area (Å²) < 4.78 is 5.69. The molecule has 0 unspecified atom stereocenters. The van der Waals surface area contributed by atoms with E-state index in [9.17, 15) is 9.59 Å². The van der Waals surface area contributed by atoms with Crippen molar-refractivity contribution in [2.75, 3.05) is 44.6 Å². The average Bonchev–Trinajstić information content (AvgIpc) is 2.77. The predicted molar refractivity (Wildman–Crippen MR) is 110 cm³/mol. The predicted octanol–water partition coefficient (Wildman–Crippen LogP) is 1.73. The van der Waals surface area contributed by atoms with Gasteiger partial charge in [0.2, 0.25) is 5.91 Å². The molecule has 0 bridgehead atoms. The highest BCUT2D eigenvalue weighted by atomic mass is 16.5. The van der Waals surface area contributed by atoms with Crippen molar-refractivity contribution in [1.29, 1.82) is 0 Å². The summed E-state index contributed by atoms with van der Waals surface area (Å²) in [6, 6.07) is 11.6. The standard InChI is InChI=1S/C22H26N4O3/c27-21-7-5-17-4-6-19(15-20(17)24-21)29-16-22(28)26-13-11-25(12-14-26)10-8-18-3-1-2-9-23-18/h1-4,6,9,15H,5,7-8,10-14,16H2,(H,24,27). The third-order valence-electron chi connectivity index (χ3n) is 5.47. The molecule has 1 saturated heterocycles. The highest BCUT2D eigenvalue weighted by molar-refractivity contribution is 5.94. The number of fused-ring (bicyclic) bond motifs is 1. The summed E-state index contributed by atoms with van der Waals surface area (Å²) in [6.45, 7) is 4.12. The molecule has 0 spiro atoms. The third kappa shape index (κ3) is 5.12. The number of aromatic nitrogens is 1. The molecule has 0 aliphatic carbocycles. The number of amides is 2. The van der Waals surface area contributed by atoms with Gasteiger partial charge in [0, 0.05) is 69.2 Å². The van der Waals surface area contributed by atoms with Gasteiger partial charge in [0.15, 0.2) is 6.61 Å². The molecule has 1 aromatic carbocycles. The molecule has 0 atom stereocenters. The van der Waals surface area contributed by atoms with Gasteiger partial charge in [0.1, 0.15) is 5.75 Å². The van der Waals surface area contributed by atoms with E-state index < -0.39 is 0 Å².